The van der Waals surface area contributed by atoms with Crippen LogP contribution in [0, 0.1) is 18.3 Å². The highest BCUT2D eigenvalue weighted by molar-refractivity contribution is 5.95. The molecule has 29 heavy (non-hydrogen) atoms. The van der Waals surface area contributed by atoms with Crippen molar-refractivity contribution in [2.24, 2.45) is 0 Å². The molecule has 3 rings (SSSR count). The molecular weight excluding hydrogens is 366 g/mol. The molecule has 6 heteroatoms. The zero-order valence-electron chi connectivity index (χ0n) is 15.8. The van der Waals surface area contributed by atoms with Crippen molar-refractivity contribution in [2.45, 2.75) is 19.4 Å². The number of hydrogen-bond donors (Lipinski definition) is 2. The maximum Gasteiger partial charge on any atom is 0.305 e. The largest absolute Gasteiger partial charge is 0.481 e. The van der Waals surface area contributed by atoms with Gasteiger partial charge in [-0.3, -0.25) is 14.6 Å². The van der Waals surface area contributed by atoms with Gasteiger partial charge in [-0.25, -0.2) is 0 Å². The lowest BCUT2D eigenvalue weighted by atomic mass is 9.98. The van der Waals surface area contributed by atoms with E-state index in [-0.39, 0.29) is 6.42 Å². The average Bonchev–Trinajstić information content (AvgIpc) is 2.73. The Bertz CT molecular complexity index is 1100. The van der Waals surface area contributed by atoms with E-state index in [1.165, 1.54) is 6.20 Å². The molecule has 1 heterocycles. The number of nitriles is 1. The first-order valence-electron chi connectivity index (χ1n) is 9.03. The number of carboxylic acid groups (broad SMARTS) is 1. The molecule has 2 aromatic carbocycles. The van der Waals surface area contributed by atoms with Gasteiger partial charge in [-0.15, -0.1) is 0 Å². The van der Waals surface area contributed by atoms with Crippen LogP contribution >= 0.6 is 0 Å². The molecule has 1 atom stereocenters. The van der Waals surface area contributed by atoms with Crippen LogP contribution in [0.1, 0.15) is 39.5 Å². The van der Waals surface area contributed by atoms with Gasteiger partial charge < -0.3 is 10.4 Å². The van der Waals surface area contributed by atoms with Gasteiger partial charge in [0.1, 0.15) is 0 Å². The number of aryl methyl sites for hydroxylation is 1. The number of amides is 1. The molecule has 6 nitrogen and oxygen atoms in total. The standard InChI is InChI=1S/C23H19N3O3/c1-15-6-2-4-8-18(15)21(13-22(27)28)26-23(29)16-10-11-25-20(12-16)19-9-5-3-7-17(19)14-24/h2-12,21H,13H2,1H3,(H,26,29)(H,27,28)/t21-/m0/s1. The highest BCUT2D eigenvalue weighted by Gasteiger charge is 2.21. The van der Waals surface area contributed by atoms with E-state index in [1.54, 1.807) is 36.4 Å². The number of carboxylic acids is 1. The number of carbonyl (C=O) groups excluding carboxylic acids is 1. The fraction of sp³-hybridized carbons (Fsp3) is 0.130. The zero-order valence-corrected chi connectivity index (χ0v) is 15.8. The van der Waals surface area contributed by atoms with Crippen LogP contribution in [0.4, 0.5) is 0 Å². The Morgan fingerprint density at radius 2 is 1.86 bits per heavy atom. The second kappa shape index (κ2) is 8.81. The van der Waals surface area contributed by atoms with Crippen molar-refractivity contribution in [3.05, 3.63) is 89.1 Å². The second-order valence-electron chi connectivity index (χ2n) is 6.57. The van der Waals surface area contributed by atoms with Gasteiger partial charge in [-0.05, 0) is 36.2 Å². The summed E-state index contributed by atoms with van der Waals surface area (Å²) in [6.07, 6.45) is 1.27. The second-order valence-corrected chi connectivity index (χ2v) is 6.57. The van der Waals surface area contributed by atoms with Crippen LogP contribution in [0.2, 0.25) is 0 Å². The topological polar surface area (TPSA) is 103 Å². The fourth-order valence-corrected chi connectivity index (χ4v) is 3.16. The zero-order chi connectivity index (χ0) is 20.8. The molecule has 0 fully saturated rings. The van der Waals surface area contributed by atoms with Crippen LogP contribution in [0.5, 0.6) is 0 Å². The molecule has 0 aliphatic heterocycles. The van der Waals surface area contributed by atoms with Crippen molar-refractivity contribution >= 4 is 11.9 Å². The minimum atomic E-state index is -1.00. The lowest BCUT2D eigenvalue weighted by molar-refractivity contribution is -0.137. The number of benzene rings is 2. The summed E-state index contributed by atoms with van der Waals surface area (Å²) in [7, 11) is 0. The Morgan fingerprint density at radius 1 is 1.14 bits per heavy atom. The van der Waals surface area contributed by atoms with Crippen LogP contribution in [0.15, 0.2) is 66.9 Å². The number of hydrogen-bond acceptors (Lipinski definition) is 4. The molecule has 0 spiro atoms. The van der Waals surface area contributed by atoms with E-state index in [0.29, 0.717) is 22.4 Å². The van der Waals surface area contributed by atoms with Crippen molar-refractivity contribution in [2.75, 3.05) is 0 Å². The van der Waals surface area contributed by atoms with Gasteiger partial charge in [0.05, 0.1) is 29.8 Å². The molecule has 0 bridgehead atoms. The minimum absolute atomic E-state index is 0.230. The average molecular weight is 385 g/mol. The number of nitrogens with one attached hydrogen (secondary N) is 1. The summed E-state index contributed by atoms with van der Waals surface area (Å²) in [5.41, 5.74) is 3.59. The van der Waals surface area contributed by atoms with Gasteiger partial charge in [0.15, 0.2) is 0 Å². The summed E-state index contributed by atoms with van der Waals surface area (Å²) in [4.78, 5) is 28.5. The van der Waals surface area contributed by atoms with Crippen LogP contribution in [-0.4, -0.2) is 22.0 Å². The summed E-state index contributed by atoms with van der Waals surface area (Å²) in [6, 6.07) is 19.0. The van der Waals surface area contributed by atoms with Gasteiger partial charge in [-0.2, -0.15) is 5.26 Å². The first kappa shape index (κ1) is 19.8. The third-order valence-corrected chi connectivity index (χ3v) is 4.59. The van der Waals surface area contributed by atoms with E-state index in [0.717, 1.165) is 11.1 Å². The Kier molecular flexibility index (Phi) is 6.00. The first-order valence-corrected chi connectivity index (χ1v) is 9.03. The van der Waals surface area contributed by atoms with Crippen molar-refractivity contribution in [3.8, 4) is 17.3 Å². The van der Waals surface area contributed by atoms with Crippen LogP contribution in [0.3, 0.4) is 0 Å². The third kappa shape index (κ3) is 4.66. The van der Waals surface area contributed by atoms with Gasteiger partial charge in [0.2, 0.25) is 0 Å². The summed E-state index contributed by atoms with van der Waals surface area (Å²) in [6.45, 7) is 1.87. The van der Waals surface area contributed by atoms with E-state index in [4.69, 9.17) is 0 Å². The number of aromatic nitrogens is 1. The molecular formula is C23H19N3O3. The Hall–Kier alpha value is -3.98. The van der Waals surface area contributed by atoms with Crippen molar-refractivity contribution in [3.63, 3.8) is 0 Å². The third-order valence-electron chi connectivity index (χ3n) is 4.59. The molecule has 1 amide bonds. The van der Waals surface area contributed by atoms with E-state index in [2.05, 4.69) is 16.4 Å². The predicted molar refractivity (Wildman–Crippen MR) is 108 cm³/mol. The van der Waals surface area contributed by atoms with E-state index < -0.39 is 17.9 Å². The molecule has 3 aromatic rings. The van der Waals surface area contributed by atoms with Crippen LogP contribution < -0.4 is 5.32 Å². The fourth-order valence-electron chi connectivity index (χ4n) is 3.16. The minimum Gasteiger partial charge on any atom is -0.481 e. The van der Waals surface area contributed by atoms with Gasteiger partial charge >= 0.3 is 5.97 Å². The quantitative estimate of drug-likeness (QED) is 0.670. The smallest absolute Gasteiger partial charge is 0.305 e. The lowest BCUT2D eigenvalue weighted by Gasteiger charge is -2.19. The SMILES string of the molecule is Cc1ccccc1[C@H](CC(=O)O)NC(=O)c1ccnc(-c2ccccc2C#N)c1. The van der Waals surface area contributed by atoms with Crippen molar-refractivity contribution < 1.29 is 14.7 Å². The molecule has 0 radical (unpaired) electrons. The Morgan fingerprint density at radius 3 is 2.59 bits per heavy atom. The van der Waals surface area contributed by atoms with Gasteiger partial charge in [-0.1, -0.05) is 42.5 Å². The molecule has 0 aliphatic rings. The number of nitrogens with zero attached hydrogens (tertiary/aromatic N) is 2. The number of pyridine rings is 1. The van der Waals surface area contributed by atoms with Crippen molar-refractivity contribution in [1.29, 1.82) is 5.26 Å². The van der Waals surface area contributed by atoms with E-state index in [1.807, 2.05) is 31.2 Å². The normalized spacial score (nSPS) is 11.3. The first-order chi connectivity index (χ1) is 14.0. The maximum atomic E-state index is 12.9. The van der Waals surface area contributed by atoms with Gasteiger partial charge in [0.25, 0.3) is 5.91 Å². The summed E-state index contributed by atoms with van der Waals surface area (Å²) in [5.74, 6) is -1.41. The Labute approximate surface area is 168 Å². The Balaban J connectivity index is 1.90. The lowest BCUT2D eigenvalue weighted by Crippen LogP contribution is -2.30. The molecule has 0 unspecified atom stereocenters. The highest BCUT2D eigenvalue weighted by Crippen LogP contribution is 2.24. The summed E-state index contributed by atoms with van der Waals surface area (Å²) in [5, 5.41) is 21.4. The number of aliphatic carboxylic acids is 1. The maximum absolute atomic E-state index is 12.9. The van der Waals surface area contributed by atoms with Crippen LogP contribution in [-0.2, 0) is 4.79 Å². The van der Waals surface area contributed by atoms with Crippen molar-refractivity contribution in [1.82, 2.24) is 10.3 Å². The van der Waals surface area contributed by atoms with Gasteiger partial charge in [0, 0.05) is 17.3 Å². The molecule has 0 aliphatic carbocycles. The molecule has 0 saturated carbocycles. The number of carbonyl (C=O) groups is 2. The summed E-state index contributed by atoms with van der Waals surface area (Å²) < 4.78 is 0. The molecule has 0 saturated heterocycles. The molecule has 1 aromatic heterocycles. The predicted octanol–water partition coefficient (Wildman–Crippen LogP) is 3.87. The summed E-state index contributed by atoms with van der Waals surface area (Å²) >= 11 is 0. The molecule has 2 N–H and O–H groups in total. The van der Waals surface area contributed by atoms with E-state index >= 15 is 0 Å². The number of rotatable bonds is 6. The van der Waals surface area contributed by atoms with Crippen LogP contribution in [0.25, 0.3) is 11.3 Å². The van der Waals surface area contributed by atoms with E-state index in [9.17, 15) is 20.0 Å². The highest BCUT2D eigenvalue weighted by atomic mass is 16.4. The molecule has 144 valence electrons. The monoisotopic (exact) mass is 385 g/mol.